The summed E-state index contributed by atoms with van der Waals surface area (Å²) >= 11 is 0. The Morgan fingerprint density at radius 2 is 1.88 bits per heavy atom. The van der Waals surface area contributed by atoms with E-state index in [-0.39, 0.29) is 17.9 Å². The number of carbonyl (C=O) groups is 1. The number of rotatable bonds is 4. The quantitative estimate of drug-likeness (QED) is 0.552. The molecule has 1 aliphatic carbocycles. The largest absolute Gasteiger partial charge is 0.470 e. The molecule has 1 aromatic carbocycles. The lowest BCUT2D eigenvalue weighted by Crippen LogP contribution is -2.59. The molecule has 172 valence electrons. The lowest BCUT2D eigenvalue weighted by molar-refractivity contribution is -0.138. The molecule has 7 nitrogen and oxygen atoms in total. The summed E-state index contributed by atoms with van der Waals surface area (Å²) in [5, 5.41) is 8.22. The van der Waals surface area contributed by atoms with Gasteiger partial charge in [0.1, 0.15) is 6.10 Å². The molecule has 11 heteroatoms. The van der Waals surface area contributed by atoms with Crippen molar-refractivity contribution < 1.29 is 27.1 Å². The Kier molecular flexibility index (Phi) is 5.26. The SMILES string of the molecule is O=C(c1ccccc1-n1nccn1)N1CC2CCC1C(Oc1ncc(C(F)(F)F)cc1F)C2. The second-order valence-electron chi connectivity index (χ2n) is 8.20. The number of para-hydroxylation sites is 1. The third-order valence-electron chi connectivity index (χ3n) is 6.15. The predicted octanol–water partition coefficient (Wildman–Crippen LogP) is 3.89. The molecule has 0 spiro atoms. The van der Waals surface area contributed by atoms with Crippen LogP contribution in [0.25, 0.3) is 5.69 Å². The summed E-state index contributed by atoms with van der Waals surface area (Å²) in [6, 6.07) is 6.98. The lowest BCUT2D eigenvalue weighted by Gasteiger charge is -2.49. The molecule has 3 fully saturated rings. The summed E-state index contributed by atoms with van der Waals surface area (Å²) in [5.74, 6) is -1.77. The summed E-state index contributed by atoms with van der Waals surface area (Å²) < 4.78 is 58.5. The molecular weight excluding hydrogens is 442 g/mol. The summed E-state index contributed by atoms with van der Waals surface area (Å²) in [7, 11) is 0. The zero-order valence-electron chi connectivity index (χ0n) is 17.2. The van der Waals surface area contributed by atoms with Gasteiger partial charge in [-0.15, -0.1) is 0 Å². The molecule has 2 aromatic heterocycles. The molecule has 3 aliphatic rings. The number of amides is 1. The van der Waals surface area contributed by atoms with E-state index in [4.69, 9.17) is 4.74 Å². The minimum absolute atomic E-state index is 0.136. The highest BCUT2D eigenvalue weighted by atomic mass is 19.4. The zero-order valence-corrected chi connectivity index (χ0v) is 17.2. The van der Waals surface area contributed by atoms with Gasteiger partial charge in [0.05, 0.1) is 35.2 Å². The van der Waals surface area contributed by atoms with Crippen LogP contribution >= 0.6 is 0 Å². The van der Waals surface area contributed by atoms with Crippen molar-refractivity contribution in [1.82, 2.24) is 24.9 Å². The Morgan fingerprint density at radius 1 is 1.12 bits per heavy atom. The average Bonchev–Trinajstić information content (AvgIpc) is 3.34. The number of piperidine rings is 2. The van der Waals surface area contributed by atoms with Crippen LogP contribution in [0, 0.1) is 11.7 Å². The summed E-state index contributed by atoms with van der Waals surface area (Å²) in [5.41, 5.74) is -0.237. The minimum Gasteiger partial charge on any atom is -0.470 e. The van der Waals surface area contributed by atoms with Gasteiger partial charge in [0, 0.05) is 12.7 Å². The minimum atomic E-state index is -4.70. The molecule has 3 aromatic rings. The van der Waals surface area contributed by atoms with E-state index in [0.29, 0.717) is 42.9 Å². The average molecular weight is 461 g/mol. The monoisotopic (exact) mass is 461 g/mol. The number of ether oxygens (including phenoxy) is 1. The molecule has 1 saturated carbocycles. The van der Waals surface area contributed by atoms with E-state index in [1.165, 1.54) is 17.2 Å². The van der Waals surface area contributed by atoms with Crippen molar-refractivity contribution >= 4 is 5.91 Å². The van der Waals surface area contributed by atoms with Gasteiger partial charge in [-0.2, -0.15) is 28.2 Å². The van der Waals surface area contributed by atoms with E-state index in [9.17, 15) is 22.4 Å². The van der Waals surface area contributed by atoms with Gasteiger partial charge in [-0.3, -0.25) is 4.79 Å². The number of nitrogens with zero attached hydrogens (tertiary/aromatic N) is 5. The number of halogens is 4. The molecule has 33 heavy (non-hydrogen) atoms. The first-order valence-corrected chi connectivity index (χ1v) is 10.5. The van der Waals surface area contributed by atoms with Crippen LogP contribution in [-0.2, 0) is 6.18 Å². The highest BCUT2D eigenvalue weighted by Crippen LogP contribution is 2.39. The first-order chi connectivity index (χ1) is 15.8. The smallest absolute Gasteiger partial charge is 0.417 e. The van der Waals surface area contributed by atoms with Gasteiger partial charge in [0.15, 0.2) is 5.82 Å². The first kappa shape index (κ1) is 21.4. The van der Waals surface area contributed by atoms with Crippen LogP contribution < -0.4 is 4.74 Å². The van der Waals surface area contributed by atoms with Gasteiger partial charge < -0.3 is 9.64 Å². The topological polar surface area (TPSA) is 73.1 Å². The van der Waals surface area contributed by atoms with Gasteiger partial charge in [0.2, 0.25) is 0 Å². The number of fused-ring (bicyclic) bond motifs is 3. The highest BCUT2D eigenvalue weighted by Gasteiger charge is 2.45. The number of benzene rings is 1. The molecule has 1 amide bonds. The Hall–Kier alpha value is -3.50. The van der Waals surface area contributed by atoms with E-state index < -0.39 is 29.5 Å². The number of alkyl halides is 3. The van der Waals surface area contributed by atoms with Gasteiger partial charge >= 0.3 is 6.18 Å². The first-order valence-electron chi connectivity index (χ1n) is 10.5. The number of aromatic nitrogens is 4. The van der Waals surface area contributed by atoms with Crippen LogP contribution in [0.2, 0.25) is 0 Å². The molecular formula is C22H19F4N5O2. The fourth-order valence-electron chi connectivity index (χ4n) is 4.63. The molecule has 4 heterocycles. The number of hydrogen-bond acceptors (Lipinski definition) is 5. The molecule has 3 atom stereocenters. The second-order valence-corrected chi connectivity index (χ2v) is 8.20. The molecule has 2 bridgehead atoms. The van der Waals surface area contributed by atoms with Crippen LogP contribution in [0.4, 0.5) is 17.6 Å². The predicted molar refractivity (Wildman–Crippen MR) is 107 cm³/mol. The standard InChI is InChI=1S/C22H19F4N5O2/c23-16-10-14(22(24,25)26)11-27-20(16)33-19-9-13-5-6-18(19)30(12-13)21(32)15-3-1-2-4-17(15)31-28-7-8-29-31/h1-4,7-8,10-11,13,18-19H,5-6,9,12H2. The van der Waals surface area contributed by atoms with Gasteiger partial charge in [-0.1, -0.05) is 12.1 Å². The Bertz CT molecular complexity index is 1170. The third-order valence-corrected chi connectivity index (χ3v) is 6.15. The zero-order chi connectivity index (χ0) is 23.2. The van der Waals surface area contributed by atoms with Crippen LogP contribution in [0.5, 0.6) is 5.88 Å². The van der Waals surface area contributed by atoms with E-state index in [2.05, 4.69) is 15.2 Å². The van der Waals surface area contributed by atoms with E-state index in [0.717, 1.165) is 6.42 Å². The summed E-state index contributed by atoms with van der Waals surface area (Å²) in [6.45, 7) is 0.521. The maximum absolute atomic E-state index is 14.3. The van der Waals surface area contributed by atoms with Crippen LogP contribution in [-0.4, -0.2) is 49.5 Å². The molecule has 6 rings (SSSR count). The van der Waals surface area contributed by atoms with Crippen molar-refractivity contribution in [3.8, 4) is 11.6 Å². The van der Waals surface area contributed by atoms with E-state index >= 15 is 0 Å². The molecule has 0 N–H and O–H groups in total. The summed E-state index contributed by atoms with van der Waals surface area (Å²) in [6.07, 6.45) is 0.408. The molecule has 2 saturated heterocycles. The van der Waals surface area contributed by atoms with Gasteiger partial charge in [-0.05, 0) is 43.4 Å². The fraction of sp³-hybridized carbons (Fsp3) is 0.364. The van der Waals surface area contributed by atoms with Crippen molar-refractivity contribution in [3.05, 3.63) is 65.9 Å². The van der Waals surface area contributed by atoms with Crippen molar-refractivity contribution in [2.45, 2.75) is 37.6 Å². The van der Waals surface area contributed by atoms with Crippen molar-refractivity contribution in [2.75, 3.05) is 6.54 Å². The Morgan fingerprint density at radius 3 is 2.58 bits per heavy atom. The highest BCUT2D eigenvalue weighted by molar-refractivity contribution is 5.98. The van der Waals surface area contributed by atoms with Gasteiger partial charge in [0.25, 0.3) is 11.8 Å². The second kappa shape index (κ2) is 8.13. The number of hydrogen-bond donors (Lipinski definition) is 0. The maximum atomic E-state index is 14.3. The molecule has 2 aliphatic heterocycles. The normalized spacial score (nSPS) is 22.4. The Balaban J connectivity index is 1.40. The van der Waals surface area contributed by atoms with E-state index in [1.54, 1.807) is 29.2 Å². The van der Waals surface area contributed by atoms with Crippen LogP contribution in [0.3, 0.4) is 0 Å². The van der Waals surface area contributed by atoms with Crippen LogP contribution in [0.1, 0.15) is 35.2 Å². The van der Waals surface area contributed by atoms with Crippen molar-refractivity contribution in [3.63, 3.8) is 0 Å². The molecule has 0 radical (unpaired) electrons. The maximum Gasteiger partial charge on any atom is 0.417 e. The Labute approximate surface area is 186 Å². The number of carbonyl (C=O) groups excluding carboxylic acids is 1. The molecule has 3 unspecified atom stereocenters. The summed E-state index contributed by atoms with van der Waals surface area (Å²) in [4.78, 5) is 20.1. The third kappa shape index (κ3) is 4.03. The van der Waals surface area contributed by atoms with Crippen molar-refractivity contribution in [1.29, 1.82) is 0 Å². The van der Waals surface area contributed by atoms with Crippen molar-refractivity contribution in [2.24, 2.45) is 5.92 Å². The van der Waals surface area contributed by atoms with E-state index in [1.807, 2.05) is 0 Å². The lowest BCUT2D eigenvalue weighted by atomic mass is 9.77. The fourth-order valence-corrected chi connectivity index (χ4v) is 4.63. The van der Waals surface area contributed by atoms with Gasteiger partial charge in [-0.25, -0.2) is 9.37 Å². The number of pyridine rings is 1. The van der Waals surface area contributed by atoms with Crippen LogP contribution in [0.15, 0.2) is 48.9 Å².